The molecule has 3 rings (SSSR count). The summed E-state index contributed by atoms with van der Waals surface area (Å²) in [5.74, 6) is 1.93. The third-order valence-electron chi connectivity index (χ3n) is 3.15. The molecular formula is C17H14ClNO. The highest BCUT2D eigenvalue weighted by Crippen LogP contribution is 2.28. The molecule has 0 radical (unpaired) electrons. The van der Waals surface area contributed by atoms with Crippen LogP contribution in [0.3, 0.4) is 0 Å². The Morgan fingerprint density at radius 1 is 1.10 bits per heavy atom. The average molecular weight is 284 g/mol. The maximum atomic E-state index is 5.97. The van der Waals surface area contributed by atoms with E-state index in [1.54, 1.807) is 6.20 Å². The van der Waals surface area contributed by atoms with Gasteiger partial charge in [-0.15, -0.1) is 11.6 Å². The van der Waals surface area contributed by atoms with Crippen molar-refractivity contribution in [2.75, 3.05) is 0 Å². The molecule has 0 fully saturated rings. The number of hydrogen-bond donors (Lipinski definition) is 0. The van der Waals surface area contributed by atoms with Crippen LogP contribution < -0.4 is 4.74 Å². The van der Waals surface area contributed by atoms with E-state index < -0.39 is 0 Å². The topological polar surface area (TPSA) is 22.1 Å². The van der Waals surface area contributed by atoms with Crippen LogP contribution in [0.2, 0.25) is 0 Å². The average Bonchev–Trinajstić information content (AvgIpc) is 2.49. The lowest BCUT2D eigenvalue weighted by atomic mass is 10.1. The number of halogens is 1. The van der Waals surface area contributed by atoms with Crippen LogP contribution in [0, 0.1) is 6.92 Å². The van der Waals surface area contributed by atoms with Crippen LogP contribution in [0.5, 0.6) is 11.5 Å². The number of para-hydroxylation sites is 1. The predicted octanol–water partition coefficient (Wildman–Crippen LogP) is 5.07. The second-order valence-corrected chi connectivity index (χ2v) is 4.98. The summed E-state index contributed by atoms with van der Waals surface area (Å²) in [5.41, 5.74) is 3.12. The molecule has 0 N–H and O–H groups in total. The van der Waals surface area contributed by atoms with Gasteiger partial charge < -0.3 is 4.74 Å². The minimum atomic E-state index is 0.429. The monoisotopic (exact) mass is 283 g/mol. The molecule has 0 amide bonds. The Kier molecular flexibility index (Phi) is 3.57. The summed E-state index contributed by atoms with van der Waals surface area (Å²) >= 11 is 5.97. The number of fused-ring (bicyclic) bond motifs is 1. The number of alkyl halides is 1. The molecule has 2 aromatic carbocycles. The maximum absolute atomic E-state index is 5.97. The van der Waals surface area contributed by atoms with Crippen molar-refractivity contribution in [3.63, 3.8) is 0 Å². The van der Waals surface area contributed by atoms with Crippen LogP contribution in [0.4, 0.5) is 0 Å². The Bertz CT molecular complexity index is 755. The molecule has 0 saturated carbocycles. The van der Waals surface area contributed by atoms with E-state index in [0.29, 0.717) is 5.88 Å². The fourth-order valence-electron chi connectivity index (χ4n) is 2.15. The molecular weight excluding hydrogens is 270 g/mol. The SMILES string of the molecule is Cc1ccc(Oc2cnc3ccccc3c2)c(CCl)c1. The number of ether oxygens (including phenoxy) is 1. The van der Waals surface area contributed by atoms with E-state index in [9.17, 15) is 0 Å². The highest BCUT2D eigenvalue weighted by atomic mass is 35.5. The van der Waals surface area contributed by atoms with Gasteiger partial charge in [0, 0.05) is 10.9 Å². The summed E-state index contributed by atoms with van der Waals surface area (Å²) in [4.78, 5) is 4.39. The van der Waals surface area contributed by atoms with Crippen molar-refractivity contribution in [2.24, 2.45) is 0 Å². The lowest BCUT2D eigenvalue weighted by molar-refractivity contribution is 0.477. The van der Waals surface area contributed by atoms with Gasteiger partial charge in [0.2, 0.25) is 0 Å². The quantitative estimate of drug-likeness (QED) is 0.626. The zero-order chi connectivity index (χ0) is 13.9. The first-order chi connectivity index (χ1) is 9.76. The van der Waals surface area contributed by atoms with Gasteiger partial charge in [-0.05, 0) is 25.1 Å². The van der Waals surface area contributed by atoms with Crippen molar-refractivity contribution in [2.45, 2.75) is 12.8 Å². The molecule has 20 heavy (non-hydrogen) atoms. The second kappa shape index (κ2) is 5.51. The summed E-state index contributed by atoms with van der Waals surface area (Å²) in [5, 5.41) is 1.06. The number of aromatic nitrogens is 1. The number of benzene rings is 2. The molecule has 1 aromatic heterocycles. The Labute approximate surface area is 123 Å². The van der Waals surface area contributed by atoms with E-state index in [2.05, 4.69) is 4.98 Å². The molecule has 0 aliphatic heterocycles. The van der Waals surface area contributed by atoms with Crippen molar-refractivity contribution >= 4 is 22.5 Å². The lowest BCUT2D eigenvalue weighted by Crippen LogP contribution is -1.91. The summed E-state index contributed by atoms with van der Waals surface area (Å²) in [7, 11) is 0. The van der Waals surface area contributed by atoms with Crippen LogP contribution >= 0.6 is 11.6 Å². The standard InChI is InChI=1S/C17H14ClNO/c1-12-6-7-17(14(8-12)10-18)20-15-9-13-4-2-3-5-16(13)19-11-15/h2-9,11H,10H2,1H3. The molecule has 3 heteroatoms. The highest BCUT2D eigenvalue weighted by Gasteiger charge is 2.05. The second-order valence-electron chi connectivity index (χ2n) is 4.71. The third kappa shape index (κ3) is 2.61. The van der Waals surface area contributed by atoms with Gasteiger partial charge in [0.25, 0.3) is 0 Å². The zero-order valence-corrected chi connectivity index (χ0v) is 11.9. The highest BCUT2D eigenvalue weighted by molar-refractivity contribution is 6.17. The zero-order valence-electron chi connectivity index (χ0n) is 11.1. The van der Waals surface area contributed by atoms with Crippen molar-refractivity contribution in [3.8, 4) is 11.5 Å². The molecule has 0 spiro atoms. The van der Waals surface area contributed by atoms with E-state index in [1.165, 1.54) is 5.56 Å². The molecule has 100 valence electrons. The van der Waals surface area contributed by atoms with Gasteiger partial charge in [0.05, 0.1) is 17.6 Å². The van der Waals surface area contributed by atoms with Gasteiger partial charge >= 0.3 is 0 Å². The predicted molar refractivity (Wildman–Crippen MR) is 82.6 cm³/mol. The maximum Gasteiger partial charge on any atom is 0.146 e. The van der Waals surface area contributed by atoms with E-state index in [4.69, 9.17) is 16.3 Å². The molecule has 0 aliphatic carbocycles. The van der Waals surface area contributed by atoms with Gasteiger partial charge in [-0.1, -0.05) is 35.9 Å². The minimum Gasteiger partial charge on any atom is -0.455 e. The van der Waals surface area contributed by atoms with E-state index >= 15 is 0 Å². The Balaban J connectivity index is 1.96. The van der Waals surface area contributed by atoms with Crippen LogP contribution in [-0.2, 0) is 5.88 Å². The van der Waals surface area contributed by atoms with Gasteiger partial charge in [0.15, 0.2) is 0 Å². The van der Waals surface area contributed by atoms with Crippen LogP contribution in [-0.4, -0.2) is 4.98 Å². The van der Waals surface area contributed by atoms with Crippen molar-refractivity contribution in [3.05, 3.63) is 65.9 Å². The number of pyridine rings is 1. The fourth-order valence-corrected chi connectivity index (χ4v) is 2.35. The molecule has 0 saturated heterocycles. The van der Waals surface area contributed by atoms with E-state index in [0.717, 1.165) is 28.0 Å². The number of rotatable bonds is 3. The van der Waals surface area contributed by atoms with Crippen LogP contribution in [0.1, 0.15) is 11.1 Å². The first kappa shape index (κ1) is 12.9. The summed E-state index contributed by atoms with van der Waals surface area (Å²) in [6, 6.07) is 16.0. The number of aryl methyl sites for hydroxylation is 1. The van der Waals surface area contributed by atoms with Crippen LogP contribution in [0.15, 0.2) is 54.7 Å². The summed E-state index contributed by atoms with van der Waals surface area (Å²) < 4.78 is 5.92. The molecule has 0 aliphatic rings. The van der Waals surface area contributed by atoms with E-state index in [1.807, 2.05) is 55.5 Å². The fraction of sp³-hybridized carbons (Fsp3) is 0.118. The smallest absolute Gasteiger partial charge is 0.146 e. The van der Waals surface area contributed by atoms with Crippen molar-refractivity contribution in [1.82, 2.24) is 4.98 Å². The first-order valence-electron chi connectivity index (χ1n) is 6.44. The molecule has 2 nitrogen and oxygen atoms in total. The van der Waals surface area contributed by atoms with E-state index in [-0.39, 0.29) is 0 Å². The van der Waals surface area contributed by atoms with Gasteiger partial charge in [-0.2, -0.15) is 0 Å². The van der Waals surface area contributed by atoms with Gasteiger partial charge in [-0.25, -0.2) is 0 Å². The third-order valence-corrected chi connectivity index (χ3v) is 3.44. The lowest BCUT2D eigenvalue weighted by Gasteiger charge is -2.10. The molecule has 0 bridgehead atoms. The summed E-state index contributed by atoms with van der Waals surface area (Å²) in [6.45, 7) is 2.04. The normalized spacial score (nSPS) is 10.7. The van der Waals surface area contributed by atoms with Crippen molar-refractivity contribution < 1.29 is 4.74 Å². The summed E-state index contributed by atoms with van der Waals surface area (Å²) in [6.07, 6.45) is 1.74. The van der Waals surface area contributed by atoms with Gasteiger partial charge in [0.1, 0.15) is 11.5 Å². The largest absolute Gasteiger partial charge is 0.455 e. The Morgan fingerprint density at radius 2 is 1.95 bits per heavy atom. The molecule has 3 aromatic rings. The van der Waals surface area contributed by atoms with Crippen LogP contribution in [0.25, 0.3) is 10.9 Å². The molecule has 0 atom stereocenters. The van der Waals surface area contributed by atoms with Gasteiger partial charge in [-0.3, -0.25) is 4.98 Å². The molecule has 0 unspecified atom stereocenters. The number of hydrogen-bond acceptors (Lipinski definition) is 2. The minimum absolute atomic E-state index is 0.429. The Morgan fingerprint density at radius 3 is 2.80 bits per heavy atom. The first-order valence-corrected chi connectivity index (χ1v) is 6.98. The van der Waals surface area contributed by atoms with Crippen molar-refractivity contribution in [1.29, 1.82) is 0 Å². The molecule has 1 heterocycles. The number of nitrogens with zero attached hydrogens (tertiary/aromatic N) is 1. The Hall–Kier alpha value is -2.06.